The zero-order valence-electron chi connectivity index (χ0n) is 9.45. The molecule has 1 heterocycles. The number of anilines is 2. The Morgan fingerprint density at radius 1 is 1.56 bits per heavy atom. The minimum absolute atomic E-state index is 0.307. The molecular weight excluding hydrogens is 320 g/mol. The molecule has 0 aliphatic carbocycles. The van der Waals surface area contributed by atoms with Crippen LogP contribution in [-0.4, -0.2) is 15.7 Å². The molecule has 2 aromatic rings. The van der Waals surface area contributed by atoms with Gasteiger partial charge in [0.05, 0.1) is 27.1 Å². The number of aromatic nitrogens is 2. The van der Waals surface area contributed by atoms with Gasteiger partial charge in [-0.15, -0.1) is 0 Å². The van der Waals surface area contributed by atoms with Crippen molar-refractivity contribution in [3.8, 4) is 0 Å². The van der Waals surface area contributed by atoms with Crippen molar-refractivity contribution in [1.82, 2.24) is 9.78 Å². The van der Waals surface area contributed by atoms with Crippen LogP contribution in [0.15, 0.2) is 28.9 Å². The second-order valence-electron chi connectivity index (χ2n) is 3.63. The van der Waals surface area contributed by atoms with E-state index >= 15 is 0 Å². The third-order valence-corrected chi connectivity index (χ3v) is 3.78. The van der Waals surface area contributed by atoms with Crippen molar-refractivity contribution >= 4 is 44.8 Å². The smallest absolute Gasteiger partial charge is 0.276 e. The molecule has 0 saturated heterocycles. The van der Waals surface area contributed by atoms with E-state index in [1.807, 2.05) is 0 Å². The molecule has 0 fully saturated rings. The number of amides is 1. The fourth-order valence-electron chi connectivity index (χ4n) is 1.51. The van der Waals surface area contributed by atoms with Crippen LogP contribution in [-0.2, 0) is 7.05 Å². The van der Waals surface area contributed by atoms with Gasteiger partial charge in [0.15, 0.2) is 0 Å². The van der Waals surface area contributed by atoms with E-state index in [9.17, 15) is 4.79 Å². The highest BCUT2D eigenvalue weighted by atomic mass is 79.9. The van der Waals surface area contributed by atoms with Gasteiger partial charge in [-0.05, 0) is 28.1 Å². The van der Waals surface area contributed by atoms with Crippen LogP contribution >= 0.6 is 27.5 Å². The number of halogens is 2. The lowest BCUT2D eigenvalue weighted by Crippen LogP contribution is -2.17. The van der Waals surface area contributed by atoms with Crippen molar-refractivity contribution in [2.24, 2.45) is 7.05 Å². The van der Waals surface area contributed by atoms with Gasteiger partial charge >= 0.3 is 0 Å². The summed E-state index contributed by atoms with van der Waals surface area (Å²) in [6.07, 6.45) is 1.43. The molecule has 0 unspecified atom stereocenters. The van der Waals surface area contributed by atoms with Crippen LogP contribution in [0.3, 0.4) is 0 Å². The number of nitrogen functional groups attached to an aromatic ring is 1. The standard InChI is InChI=1S/C11H10BrClN4O/c1-17-10(7(14)5-15-17)11(18)16-8-4-2-3-6(13)9(8)12/h2-5H,14H2,1H3,(H,16,18). The average molecular weight is 330 g/mol. The van der Waals surface area contributed by atoms with E-state index in [0.29, 0.717) is 26.6 Å². The Morgan fingerprint density at radius 3 is 2.89 bits per heavy atom. The van der Waals surface area contributed by atoms with E-state index in [0.717, 1.165) is 0 Å². The van der Waals surface area contributed by atoms with Crippen LogP contribution in [0.2, 0.25) is 5.02 Å². The maximum absolute atomic E-state index is 12.1. The maximum Gasteiger partial charge on any atom is 0.276 e. The molecule has 7 heteroatoms. The normalized spacial score (nSPS) is 10.4. The Balaban J connectivity index is 2.30. The molecule has 3 N–H and O–H groups in total. The van der Waals surface area contributed by atoms with Gasteiger partial charge in [0.1, 0.15) is 5.69 Å². The summed E-state index contributed by atoms with van der Waals surface area (Å²) in [5.41, 5.74) is 6.89. The Kier molecular flexibility index (Phi) is 3.58. The lowest BCUT2D eigenvalue weighted by molar-refractivity contribution is 0.101. The topological polar surface area (TPSA) is 72.9 Å². The second kappa shape index (κ2) is 4.99. The maximum atomic E-state index is 12.1. The fourth-order valence-corrected chi connectivity index (χ4v) is 2.05. The summed E-state index contributed by atoms with van der Waals surface area (Å²) in [7, 11) is 1.65. The van der Waals surface area contributed by atoms with Gasteiger partial charge in [-0.1, -0.05) is 17.7 Å². The van der Waals surface area contributed by atoms with Gasteiger partial charge in [0, 0.05) is 7.05 Å². The molecule has 2 rings (SSSR count). The Hall–Kier alpha value is -1.53. The lowest BCUT2D eigenvalue weighted by Gasteiger charge is -2.09. The predicted octanol–water partition coefficient (Wildman–Crippen LogP) is 2.67. The van der Waals surface area contributed by atoms with Crippen molar-refractivity contribution in [2.75, 3.05) is 11.1 Å². The van der Waals surface area contributed by atoms with E-state index in [-0.39, 0.29) is 5.91 Å². The van der Waals surface area contributed by atoms with Crippen LogP contribution in [0, 0.1) is 0 Å². The third kappa shape index (κ3) is 2.34. The molecular formula is C11H10BrClN4O. The second-order valence-corrected chi connectivity index (χ2v) is 4.83. The quantitative estimate of drug-likeness (QED) is 0.889. The number of aryl methyl sites for hydroxylation is 1. The van der Waals surface area contributed by atoms with Crippen LogP contribution < -0.4 is 11.1 Å². The summed E-state index contributed by atoms with van der Waals surface area (Å²) in [5.74, 6) is -0.338. The number of nitrogens with zero attached hydrogens (tertiary/aromatic N) is 2. The van der Waals surface area contributed by atoms with Gasteiger partial charge in [-0.2, -0.15) is 5.10 Å². The van der Waals surface area contributed by atoms with Crippen LogP contribution in [0.25, 0.3) is 0 Å². The number of nitrogens with two attached hydrogens (primary N) is 1. The number of carbonyl (C=O) groups is 1. The van der Waals surface area contributed by atoms with Crippen molar-refractivity contribution in [2.45, 2.75) is 0 Å². The summed E-state index contributed by atoms with van der Waals surface area (Å²) in [4.78, 5) is 12.1. The van der Waals surface area contributed by atoms with Crippen molar-refractivity contribution in [3.05, 3.63) is 39.6 Å². The summed E-state index contributed by atoms with van der Waals surface area (Å²) in [6, 6.07) is 5.20. The summed E-state index contributed by atoms with van der Waals surface area (Å²) >= 11 is 9.25. The summed E-state index contributed by atoms with van der Waals surface area (Å²) in [5, 5.41) is 7.16. The number of hydrogen-bond donors (Lipinski definition) is 2. The highest BCUT2D eigenvalue weighted by Gasteiger charge is 2.16. The number of hydrogen-bond acceptors (Lipinski definition) is 3. The molecule has 1 aromatic carbocycles. The monoisotopic (exact) mass is 328 g/mol. The number of nitrogens with one attached hydrogen (secondary N) is 1. The largest absolute Gasteiger partial charge is 0.396 e. The average Bonchev–Trinajstić information content (AvgIpc) is 2.65. The van der Waals surface area contributed by atoms with E-state index < -0.39 is 0 Å². The first-order valence-corrected chi connectivity index (χ1v) is 6.20. The van der Waals surface area contributed by atoms with E-state index in [1.54, 1.807) is 25.2 Å². The fraction of sp³-hybridized carbons (Fsp3) is 0.0909. The summed E-state index contributed by atoms with van der Waals surface area (Å²) < 4.78 is 2.05. The SMILES string of the molecule is Cn1ncc(N)c1C(=O)Nc1cccc(Cl)c1Br. The van der Waals surface area contributed by atoms with Gasteiger partial charge in [0.25, 0.3) is 5.91 Å². The molecule has 0 aliphatic rings. The Labute approximate surface area is 117 Å². The van der Waals surface area contributed by atoms with Crippen molar-refractivity contribution < 1.29 is 4.79 Å². The van der Waals surface area contributed by atoms with E-state index in [2.05, 4.69) is 26.3 Å². The molecule has 18 heavy (non-hydrogen) atoms. The Morgan fingerprint density at radius 2 is 2.28 bits per heavy atom. The van der Waals surface area contributed by atoms with E-state index in [1.165, 1.54) is 10.9 Å². The minimum atomic E-state index is -0.338. The molecule has 0 aliphatic heterocycles. The first-order chi connectivity index (χ1) is 8.50. The van der Waals surface area contributed by atoms with Gasteiger partial charge < -0.3 is 11.1 Å². The van der Waals surface area contributed by atoms with Crippen LogP contribution in [0.4, 0.5) is 11.4 Å². The van der Waals surface area contributed by atoms with Gasteiger partial charge in [0.2, 0.25) is 0 Å². The zero-order valence-corrected chi connectivity index (χ0v) is 11.8. The predicted molar refractivity (Wildman–Crippen MR) is 74.7 cm³/mol. The molecule has 1 amide bonds. The highest BCUT2D eigenvalue weighted by molar-refractivity contribution is 9.10. The number of benzene rings is 1. The molecule has 94 valence electrons. The van der Waals surface area contributed by atoms with E-state index in [4.69, 9.17) is 17.3 Å². The Bertz CT molecular complexity index is 592. The first-order valence-electron chi connectivity index (χ1n) is 5.03. The first kappa shape index (κ1) is 12.9. The van der Waals surface area contributed by atoms with Crippen LogP contribution in [0.1, 0.15) is 10.5 Å². The summed E-state index contributed by atoms with van der Waals surface area (Å²) in [6.45, 7) is 0. The third-order valence-electron chi connectivity index (χ3n) is 2.38. The molecule has 5 nitrogen and oxygen atoms in total. The van der Waals surface area contributed by atoms with Crippen LogP contribution in [0.5, 0.6) is 0 Å². The minimum Gasteiger partial charge on any atom is -0.396 e. The van der Waals surface area contributed by atoms with Gasteiger partial charge in [-0.25, -0.2) is 0 Å². The molecule has 0 saturated carbocycles. The number of rotatable bonds is 2. The highest BCUT2D eigenvalue weighted by Crippen LogP contribution is 2.30. The van der Waals surface area contributed by atoms with Crippen molar-refractivity contribution in [3.63, 3.8) is 0 Å². The zero-order chi connectivity index (χ0) is 13.3. The number of carbonyl (C=O) groups excluding carboxylic acids is 1. The van der Waals surface area contributed by atoms with Gasteiger partial charge in [-0.3, -0.25) is 9.48 Å². The molecule has 0 radical (unpaired) electrons. The molecule has 0 atom stereocenters. The van der Waals surface area contributed by atoms with Crippen molar-refractivity contribution in [1.29, 1.82) is 0 Å². The lowest BCUT2D eigenvalue weighted by atomic mass is 10.3. The molecule has 0 bridgehead atoms. The molecule has 0 spiro atoms. The molecule has 1 aromatic heterocycles.